The molecule has 0 aliphatic carbocycles. The Kier molecular flexibility index (Phi) is 11.3. The van der Waals surface area contributed by atoms with Crippen LogP contribution in [0.1, 0.15) is 37.3 Å². The van der Waals surface area contributed by atoms with Crippen molar-refractivity contribution in [3.8, 4) is 0 Å². The van der Waals surface area contributed by atoms with E-state index in [4.69, 9.17) is 0 Å². The molecule has 2 N–H and O–H groups in total. The molecule has 138 valence electrons. The number of aliphatic imine (C=N–C) groups is 1. The average Bonchev–Trinajstić information content (AvgIpc) is 2.49. The van der Waals surface area contributed by atoms with Crippen LogP contribution in [0.3, 0.4) is 0 Å². The minimum atomic E-state index is -2.94. The first-order valence-corrected chi connectivity index (χ1v) is 10.1. The Morgan fingerprint density at radius 3 is 2.21 bits per heavy atom. The molecule has 0 saturated heterocycles. The molecule has 0 heterocycles. The summed E-state index contributed by atoms with van der Waals surface area (Å²) in [5.41, 5.74) is 2.69. The van der Waals surface area contributed by atoms with Gasteiger partial charge in [0.05, 0.1) is 5.75 Å². The van der Waals surface area contributed by atoms with Gasteiger partial charge in [0.2, 0.25) is 0 Å². The largest absolute Gasteiger partial charge is 0.356 e. The van der Waals surface area contributed by atoms with Crippen LogP contribution in [0.15, 0.2) is 29.3 Å². The summed E-state index contributed by atoms with van der Waals surface area (Å²) in [6.07, 6.45) is 3.23. The van der Waals surface area contributed by atoms with E-state index in [1.807, 2.05) is 0 Å². The molecule has 7 heteroatoms. The quantitative estimate of drug-likeness (QED) is 0.267. The van der Waals surface area contributed by atoms with Gasteiger partial charge in [-0.05, 0) is 29.9 Å². The van der Waals surface area contributed by atoms with Gasteiger partial charge in [-0.1, -0.05) is 38.1 Å². The highest BCUT2D eigenvalue weighted by Crippen LogP contribution is 2.15. The van der Waals surface area contributed by atoms with Gasteiger partial charge in [-0.2, -0.15) is 0 Å². The molecule has 1 aromatic carbocycles. The molecule has 0 atom stereocenters. The summed E-state index contributed by atoms with van der Waals surface area (Å²) in [5.74, 6) is 1.31. The number of hydrogen-bond acceptors (Lipinski definition) is 3. The third-order valence-electron chi connectivity index (χ3n) is 3.57. The van der Waals surface area contributed by atoms with Crippen LogP contribution in [0.2, 0.25) is 0 Å². The Balaban J connectivity index is 0.00000529. The van der Waals surface area contributed by atoms with E-state index in [-0.39, 0.29) is 29.7 Å². The van der Waals surface area contributed by atoms with Crippen molar-refractivity contribution >= 4 is 39.8 Å². The summed E-state index contributed by atoms with van der Waals surface area (Å²) in [7, 11) is -1.26. The Morgan fingerprint density at radius 2 is 1.71 bits per heavy atom. The number of aryl methyl sites for hydroxylation is 1. The highest BCUT2D eigenvalue weighted by molar-refractivity contribution is 14.0. The molecule has 0 fully saturated rings. The lowest BCUT2D eigenvalue weighted by atomic mass is 10.0. The number of guanidine groups is 1. The number of halogens is 1. The van der Waals surface area contributed by atoms with Crippen LogP contribution < -0.4 is 10.6 Å². The number of benzene rings is 1. The summed E-state index contributed by atoms with van der Waals surface area (Å²) < 4.78 is 22.2. The average molecular weight is 467 g/mol. The predicted octanol–water partition coefficient (Wildman–Crippen LogP) is 2.57. The molecule has 0 amide bonds. The SMILES string of the molecule is CN=C(NCCCc1ccc(C(C)C)cc1)NCCS(C)(=O)=O.I. The fourth-order valence-corrected chi connectivity index (χ4v) is 2.62. The Morgan fingerprint density at radius 1 is 1.12 bits per heavy atom. The topological polar surface area (TPSA) is 70.6 Å². The highest BCUT2D eigenvalue weighted by Gasteiger charge is 2.03. The van der Waals surface area contributed by atoms with Crippen LogP contribution >= 0.6 is 24.0 Å². The lowest BCUT2D eigenvalue weighted by molar-refractivity contribution is 0.600. The molecule has 24 heavy (non-hydrogen) atoms. The lowest BCUT2D eigenvalue weighted by Gasteiger charge is -2.11. The van der Waals surface area contributed by atoms with E-state index in [1.54, 1.807) is 7.05 Å². The van der Waals surface area contributed by atoms with E-state index >= 15 is 0 Å². The summed E-state index contributed by atoms with van der Waals surface area (Å²) in [4.78, 5) is 4.08. The molecular weight excluding hydrogens is 437 g/mol. The third-order valence-corrected chi connectivity index (χ3v) is 4.52. The van der Waals surface area contributed by atoms with Crippen LogP contribution in [0.5, 0.6) is 0 Å². The molecule has 0 unspecified atom stereocenters. The van der Waals surface area contributed by atoms with Crippen molar-refractivity contribution in [2.45, 2.75) is 32.6 Å². The molecule has 1 aromatic rings. The molecule has 0 aliphatic heterocycles. The fraction of sp³-hybridized carbons (Fsp3) is 0.588. The Hall–Kier alpha value is -0.830. The van der Waals surface area contributed by atoms with Crippen molar-refractivity contribution in [1.29, 1.82) is 0 Å². The predicted molar refractivity (Wildman–Crippen MR) is 113 cm³/mol. The minimum absolute atomic E-state index is 0. The van der Waals surface area contributed by atoms with Gasteiger partial charge in [0.25, 0.3) is 0 Å². The molecule has 1 rings (SSSR count). The number of nitrogens with zero attached hydrogens (tertiary/aromatic N) is 1. The van der Waals surface area contributed by atoms with Gasteiger partial charge in [0, 0.05) is 26.4 Å². The van der Waals surface area contributed by atoms with Crippen molar-refractivity contribution in [3.05, 3.63) is 35.4 Å². The highest BCUT2D eigenvalue weighted by atomic mass is 127. The minimum Gasteiger partial charge on any atom is -0.356 e. The lowest BCUT2D eigenvalue weighted by Crippen LogP contribution is -2.39. The first-order chi connectivity index (χ1) is 10.8. The standard InChI is InChI=1S/C17H29N3O2S.HI/c1-14(2)16-9-7-15(8-10-16)6-5-11-19-17(18-3)20-12-13-23(4,21)22;/h7-10,14H,5-6,11-13H2,1-4H3,(H2,18,19,20);1H. The second-order valence-electron chi connectivity index (χ2n) is 6.06. The summed E-state index contributed by atoms with van der Waals surface area (Å²) in [6.45, 7) is 5.56. The zero-order valence-corrected chi connectivity index (χ0v) is 18.1. The van der Waals surface area contributed by atoms with Gasteiger partial charge in [-0.3, -0.25) is 4.99 Å². The van der Waals surface area contributed by atoms with Crippen LogP contribution in [-0.2, 0) is 16.3 Å². The monoisotopic (exact) mass is 467 g/mol. The van der Waals surface area contributed by atoms with Gasteiger partial charge < -0.3 is 10.6 Å². The number of sulfone groups is 1. The van der Waals surface area contributed by atoms with E-state index in [9.17, 15) is 8.42 Å². The summed E-state index contributed by atoms with van der Waals surface area (Å²) >= 11 is 0. The van der Waals surface area contributed by atoms with Gasteiger partial charge in [-0.15, -0.1) is 24.0 Å². The second kappa shape index (κ2) is 11.7. The van der Waals surface area contributed by atoms with Gasteiger partial charge in [-0.25, -0.2) is 8.42 Å². The van der Waals surface area contributed by atoms with Crippen LogP contribution in [0, 0.1) is 0 Å². The van der Waals surface area contributed by atoms with E-state index in [1.165, 1.54) is 17.4 Å². The van der Waals surface area contributed by atoms with E-state index in [2.05, 4.69) is 53.7 Å². The Bertz CT molecular complexity index is 599. The van der Waals surface area contributed by atoms with Crippen LogP contribution in [0.25, 0.3) is 0 Å². The normalized spacial score (nSPS) is 12.0. The maximum atomic E-state index is 11.1. The van der Waals surface area contributed by atoms with Crippen LogP contribution in [-0.4, -0.2) is 46.5 Å². The van der Waals surface area contributed by atoms with E-state index in [0.29, 0.717) is 18.4 Å². The molecule has 5 nitrogen and oxygen atoms in total. The smallest absolute Gasteiger partial charge is 0.191 e. The first-order valence-electron chi connectivity index (χ1n) is 8.03. The van der Waals surface area contributed by atoms with E-state index in [0.717, 1.165) is 19.4 Å². The molecule has 0 aromatic heterocycles. The molecule has 0 saturated carbocycles. The molecular formula is C17H30IN3O2S. The molecule has 0 bridgehead atoms. The maximum Gasteiger partial charge on any atom is 0.191 e. The molecule has 0 radical (unpaired) electrons. The zero-order valence-electron chi connectivity index (χ0n) is 15.0. The fourth-order valence-electron chi connectivity index (χ4n) is 2.14. The van der Waals surface area contributed by atoms with Crippen LogP contribution in [0.4, 0.5) is 0 Å². The van der Waals surface area contributed by atoms with Gasteiger partial charge in [0.1, 0.15) is 9.84 Å². The van der Waals surface area contributed by atoms with E-state index < -0.39 is 9.84 Å². The van der Waals surface area contributed by atoms with Crippen molar-refractivity contribution in [2.75, 3.05) is 32.1 Å². The number of rotatable bonds is 8. The second-order valence-corrected chi connectivity index (χ2v) is 8.32. The molecule has 0 aliphatic rings. The number of hydrogen-bond donors (Lipinski definition) is 2. The first kappa shape index (κ1) is 23.2. The zero-order chi connectivity index (χ0) is 17.3. The maximum absolute atomic E-state index is 11.1. The Labute approximate surface area is 163 Å². The molecule has 0 spiro atoms. The summed E-state index contributed by atoms with van der Waals surface area (Å²) in [5, 5.41) is 6.20. The van der Waals surface area contributed by atoms with Crippen molar-refractivity contribution in [2.24, 2.45) is 4.99 Å². The third kappa shape index (κ3) is 10.1. The van der Waals surface area contributed by atoms with Gasteiger partial charge >= 0.3 is 0 Å². The number of nitrogens with one attached hydrogen (secondary N) is 2. The van der Waals surface area contributed by atoms with Crippen molar-refractivity contribution in [3.63, 3.8) is 0 Å². The van der Waals surface area contributed by atoms with Crippen molar-refractivity contribution < 1.29 is 8.42 Å². The van der Waals surface area contributed by atoms with Gasteiger partial charge in [0.15, 0.2) is 5.96 Å². The summed E-state index contributed by atoms with van der Waals surface area (Å²) in [6, 6.07) is 8.77. The van der Waals surface area contributed by atoms with Crippen molar-refractivity contribution in [1.82, 2.24) is 10.6 Å².